The summed E-state index contributed by atoms with van der Waals surface area (Å²) in [7, 11) is -3.10. The molecule has 0 saturated heterocycles. The summed E-state index contributed by atoms with van der Waals surface area (Å²) >= 11 is 1.84. The summed E-state index contributed by atoms with van der Waals surface area (Å²) in [4.78, 5) is 0. The van der Waals surface area contributed by atoms with Gasteiger partial charge in [-0.25, -0.2) is 0 Å². The van der Waals surface area contributed by atoms with E-state index < -0.39 is 7.14 Å². The number of benzene rings is 6. The van der Waals surface area contributed by atoms with Crippen LogP contribution in [0.15, 0.2) is 133 Å². The molecular weight excluding hydrogens is 525 g/mol. The lowest BCUT2D eigenvalue weighted by Crippen LogP contribution is -2.21. The van der Waals surface area contributed by atoms with Crippen LogP contribution in [0.3, 0.4) is 0 Å². The van der Waals surface area contributed by atoms with Crippen LogP contribution >= 0.6 is 18.5 Å². The number of hydrogen-bond acceptors (Lipinski definition) is 2. The molecule has 2 aromatic heterocycles. The molecule has 0 amide bonds. The lowest BCUT2D eigenvalue weighted by atomic mass is 10.0. The monoisotopic (exact) mass is 547 g/mol. The van der Waals surface area contributed by atoms with E-state index in [1.807, 2.05) is 47.7 Å². The Hall–Kier alpha value is -4.43. The molecule has 40 heavy (non-hydrogen) atoms. The van der Waals surface area contributed by atoms with Crippen LogP contribution in [0.25, 0.3) is 58.8 Å². The van der Waals surface area contributed by atoms with Gasteiger partial charge in [-0.15, -0.1) is 11.3 Å². The zero-order chi connectivity index (χ0) is 26.4. The van der Waals surface area contributed by atoms with E-state index in [1.54, 1.807) is 0 Å². The molecule has 188 valence electrons. The Morgan fingerprint density at radius 3 is 2.17 bits per heavy atom. The van der Waals surface area contributed by atoms with Crippen LogP contribution in [0.2, 0.25) is 0 Å². The molecule has 1 aliphatic heterocycles. The molecule has 1 aliphatic rings. The van der Waals surface area contributed by atoms with Gasteiger partial charge < -0.3 is 9.13 Å². The molecule has 3 heterocycles. The predicted octanol–water partition coefficient (Wildman–Crippen LogP) is 8.77. The maximum atomic E-state index is 15.5. The maximum absolute atomic E-state index is 15.5. The molecule has 0 fully saturated rings. The van der Waals surface area contributed by atoms with Crippen molar-refractivity contribution in [2.24, 2.45) is 0 Å². The van der Waals surface area contributed by atoms with Crippen LogP contribution in [0.1, 0.15) is 0 Å². The van der Waals surface area contributed by atoms with E-state index in [-0.39, 0.29) is 0 Å². The molecule has 2 nitrogen and oxygen atoms in total. The molecule has 1 unspecified atom stereocenters. The molecule has 0 spiro atoms. The second-order valence-corrected chi connectivity index (χ2v) is 14.2. The van der Waals surface area contributed by atoms with Crippen LogP contribution in [-0.2, 0) is 4.57 Å². The van der Waals surface area contributed by atoms with Crippen LogP contribution < -0.4 is 15.9 Å². The normalized spacial score (nSPS) is 16.2. The second-order valence-electron chi connectivity index (χ2n) is 10.4. The van der Waals surface area contributed by atoms with E-state index in [2.05, 4.69) is 102 Å². The fourth-order valence-electron chi connectivity index (χ4n) is 6.72. The third-order valence-electron chi connectivity index (χ3n) is 8.40. The number of fused-ring (bicyclic) bond motifs is 10. The highest BCUT2D eigenvalue weighted by molar-refractivity contribution is 7.86. The van der Waals surface area contributed by atoms with Crippen LogP contribution in [-0.4, -0.2) is 4.57 Å². The van der Waals surface area contributed by atoms with Gasteiger partial charge in [-0.2, -0.15) is 0 Å². The van der Waals surface area contributed by atoms with Crippen LogP contribution in [0.5, 0.6) is 0 Å². The van der Waals surface area contributed by atoms with Gasteiger partial charge in [-0.1, -0.05) is 97.1 Å². The van der Waals surface area contributed by atoms with E-state index in [1.165, 1.54) is 20.2 Å². The number of nitrogens with zero attached hydrogens (tertiary/aromatic N) is 1. The molecular formula is C36H22NOPS. The standard InChI is InChI=1S/C36H22NOPS/c38-39(24-10-2-1-3-11-24)32-16-8-5-12-25(32)27-19-20-31-35(36(27)39)28-14-4-7-15-30(28)37(31)23-18-21-34-29(22-23)26-13-6-9-17-33(26)40-34/h1-22H. The van der Waals surface area contributed by atoms with Crippen LogP contribution in [0.4, 0.5) is 0 Å². The van der Waals surface area contributed by atoms with Crippen molar-refractivity contribution >= 4 is 76.4 Å². The summed E-state index contributed by atoms with van der Waals surface area (Å²) in [6.07, 6.45) is 0. The summed E-state index contributed by atoms with van der Waals surface area (Å²) < 4.78 is 20.5. The molecule has 0 saturated carbocycles. The molecule has 0 aliphatic carbocycles. The summed E-state index contributed by atoms with van der Waals surface area (Å²) in [5.74, 6) is 0. The highest BCUT2D eigenvalue weighted by Gasteiger charge is 2.42. The summed E-state index contributed by atoms with van der Waals surface area (Å²) in [5.41, 5.74) is 5.49. The van der Waals surface area contributed by atoms with Crippen molar-refractivity contribution in [3.63, 3.8) is 0 Å². The van der Waals surface area contributed by atoms with Crippen molar-refractivity contribution in [2.45, 2.75) is 0 Å². The summed E-state index contributed by atoms with van der Waals surface area (Å²) in [6, 6.07) is 46.7. The van der Waals surface area contributed by atoms with Gasteiger partial charge in [0.25, 0.3) is 0 Å². The first-order valence-corrected chi connectivity index (χ1v) is 16.0. The fourth-order valence-corrected chi connectivity index (χ4v) is 11.1. The van der Waals surface area contributed by atoms with E-state index in [9.17, 15) is 0 Å². The number of thiophene rings is 1. The average Bonchev–Trinajstić information content (AvgIpc) is 3.64. The second kappa shape index (κ2) is 8.05. The lowest BCUT2D eigenvalue weighted by Gasteiger charge is -2.17. The van der Waals surface area contributed by atoms with Gasteiger partial charge in [-0.3, -0.25) is 0 Å². The molecule has 6 aromatic carbocycles. The number of rotatable bonds is 2. The van der Waals surface area contributed by atoms with Crippen molar-refractivity contribution in [3.05, 3.63) is 133 Å². The van der Waals surface area contributed by atoms with Gasteiger partial charge in [0.1, 0.15) is 0 Å². The molecule has 1 atom stereocenters. The minimum Gasteiger partial charge on any atom is -0.309 e. The number of aromatic nitrogens is 1. The van der Waals surface area contributed by atoms with Crippen molar-refractivity contribution in [1.82, 2.24) is 4.57 Å². The van der Waals surface area contributed by atoms with Gasteiger partial charge in [0, 0.05) is 52.5 Å². The quantitative estimate of drug-likeness (QED) is 0.198. The Kier molecular flexibility index (Phi) is 4.51. The predicted molar refractivity (Wildman–Crippen MR) is 172 cm³/mol. The van der Waals surface area contributed by atoms with Gasteiger partial charge in [0.05, 0.1) is 11.0 Å². The highest BCUT2D eigenvalue weighted by Crippen LogP contribution is 2.55. The van der Waals surface area contributed by atoms with Gasteiger partial charge >= 0.3 is 0 Å². The van der Waals surface area contributed by atoms with Crippen molar-refractivity contribution in [3.8, 4) is 16.8 Å². The minimum absolute atomic E-state index is 0.886. The van der Waals surface area contributed by atoms with Gasteiger partial charge in [0.15, 0.2) is 7.14 Å². The zero-order valence-corrected chi connectivity index (χ0v) is 23.1. The van der Waals surface area contributed by atoms with E-state index >= 15 is 4.57 Å². The zero-order valence-electron chi connectivity index (χ0n) is 21.4. The fraction of sp³-hybridized carbons (Fsp3) is 0. The first-order chi connectivity index (χ1) is 19.7. The molecule has 4 heteroatoms. The Labute approximate surface area is 235 Å². The first kappa shape index (κ1) is 22.4. The van der Waals surface area contributed by atoms with Crippen molar-refractivity contribution < 1.29 is 4.57 Å². The van der Waals surface area contributed by atoms with E-state index in [4.69, 9.17) is 0 Å². The smallest absolute Gasteiger partial charge is 0.172 e. The van der Waals surface area contributed by atoms with Crippen LogP contribution in [0, 0.1) is 0 Å². The Morgan fingerprint density at radius 1 is 0.550 bits per heavy atom. The molecule has 0 N–H and O–H groups in total. The third-order valence-corrected chi connectivity index (χ3v) is 12.7. The minimum atomic E-state index is -3.10. The first-order valence-electron chi connectivity index (χ1n) is 13.5. The van der Waals surface area contributed by atoms with E-state index in [0.29, 0.717) is 0 Å². The summed E-state index contributed by atoms with van der Waals surface area (Å²) in [6.45, 7) is 0. The summed E-state index contributed by atoms with van der Waals surface area (Å²) in [5, 5.41) is 7.57. The molecule has 9 rings (SSSR count). The maximum Gasteiger partial charge on any atom is 0.172 e. The van der Waals surface area contributed by atoms with Crippen molar-refractivity contribution in [2.75, 3.05) is 0 Å². The Balaban J connectivity index is 1.43. The third kappa shape index (κ3) is 2.81. The Bertz CT molecular complexity index is 2360. The average molecular weight is 548 g/mol. The lowest BCUT2D eigenvalue weighted by molar-refractivity contribution is 0.593. The SMILES string of the molecule is O=P1(c2ccccc2)c2ccccc2-c2ccc3c(c21)c1ccccc1n3-c1ccc2sc3ccccc3c2c1. The largest absolute Gasteiger partial charge is 0.309 e. The number of para-hydroxylation sites is 1. The Morgan fingerprint density at radius 2 is 1.27 bits per heavy atom. The molecule has 0 radical (unpaired) electrons. The van der Waals surface area contributed by atoms with Gasteiger partial charge in [-0.05, 0) is 47.5 Å². The molecule has 0 bridgehead atoms. The number of hydrogen-bond donors (Lipinski definition) is 0. The highest BCUT2D eigenvalue weighted by atomic mass is 32.1. The van der Waals surface area contributed by atoms with Crippen molar-refractivity contribution in [1.29, 1.82) is 0 Å². The van der Waals surface area contributed by atoms with Gasteiger partial charge in [0.2, 0.25) is 0 Å². The molecule has 8 aromatic rings. The topological polar surface area (TPSA) is 22.0 Å². The van der Waals surface area contributed by atoms with E-state index in [0.717, 1.165) is 54.5 Å².